The lowest BCUT2D eigenvalue weighted by Gasteiger charge is -2.44. The summed E-state index contributed by atoms with van der Waals surface area (Å²) in [6, 6.07) is 16.3. The van der Waals surface area contributed by atoms with Crippen molar-refractivity contribution >= 4 is 43.5 Å². The van der Waals surface area contributed by atoms with Crippen LogP contribution in [0.25, 0.3) is 33.6 Å². The average molecular weight is 739 g/mol. The van der Waals surface area contributed by atoms with Crippen molar-refractivity contribution < 1.29 is 23.9 Å². The lowest BCUT2D eigenvalue weighted by atomic mass is 9.99. The van der Waals surface area contributed by atoms with Gasteiger partial charge in [-0.15, -0.1) is 0 Å². The standard InChI is InChI=1S/C37H46Cl2N6O4Si/c1-36(2,3)45(35(47)48)21-50(7,8)20-27(45)33-41-29(31(39)43-33)25-17-13-23(14-18-25)22-11-15-24(16-12-22)28-30(38)42-32(40-28)26-10-9-19-44(26)34(46)49-37(4,5)6/h11-18,26-27H,9-10,19-21H2,1-8H3,(H2-,40,41,42,43,47,48)/p+1/t26-,27?,45?/m0/s1. The smallest absolute Gasteiger partial charge is 0.444 e. The first-order valence-corrected chi connectivity index (χ1v) is 21.3. The van der Waals surface area contributed by atoms with E-state index in [1.165, 1.54) is 0 Å². The molecule has 2 aliphatic heterocycles. The van der Waals surface area contributed by atoms with Gasteiger partial charge in [0.15, 0.2) is 11.9 Å². The number of amides is 2. The van der Waals surface area contributed by atoms with E-state index < -0.39 is 25.3 Å². The maximum atomic E-state index is 12.9. The van der Waals surface area contributed by atoms with Gasteiger partial charge in [0.25, 0.3) is 0 Å². The highest BCUT2D eigenvalue weighted by Gasteiger charge is 2.63. The molecular weight excluding hydrogens is 691 g/mol. The van der Waals surface area contributed by atoms with Gasteiger partial charge in [-0.3, -0.25) is 4.90 Å². The number of benzene rings is 2. The number of hydrogen-bond donors (Lipinski definition) is 3. The molecule has 0 bridgehead atoms. The summed E-state index contributed by atoms with van der Waals surface area (Å²) in [4.78, 5) is 43.7. The Hall–Kier alpha value is -3.64. The number of aromatic amines is 2. The summed E-state index contributed by atoms with van der Waals surface area (Å²) in [5.74, 6) is 1.28. The summed E-state index contributed by atoms with van der Waals surface area (Å²) < 4.78 is 5.57. The Morgan fingerprint density at radius 2 is 1.34 bits per heavy atom. The maximum absolute atomic E-state index is 12.9. The lowest BCUT2D eigenvalue weighted by molar-refractivity contribution is -0.916. The zero-order chi connectivity index (χ0) is 36.4. The fourth-order valence-electron chi connectivity index (χ4n) is 7.69. The van der Waals surface area contributed by atoms with Crippen LogP contribution in [0.1, 0.15) is 78.1 Å². The number of carboxylic acid groups (broad SMARTS) is 1. The van der Waals surface area contributed by atoms with Crippen LogP contribution in [0, 0.1) is 0 Å². The van der Waals surface area contributed by atoms with E-state index >= 15 is 0 Å². The Kier molecular flexibility index (Phi) is 9.29. The molecule has 266 valence electrons. The Labute approximate surface area is 304 Å². The molecule has 6 rings (SSSR count). The summed E-state index contributed by atoms with van der Waals surface area (Å²) in [5, 5.41) is 11.4. The summed E-state index contributed by atoms with van der Waals surface area (Å²) in [6.07, 6.45) is 1.11. The van der Waals surface area contributed by atoms with Gasteiger partial charge in [-0.2, -0.15) is 4.79 Å². The largest absolute Gasteiger partial charge is 0.514 e. The van der Waals surface area contributed by atoms with Gasteiger partial charge in [0, 0.05) is 23.7 Å². The van der Waals surface area contributed by atoms with Gasteiger partial charge >= 0.3 is 12.2 Å². The number of imidazole rings is 2. The molecule has 2 aliphatic rings. The fraction of sp³-hybridized carbons (Fsp3) is 0.459. The molecule has 2 aromatic heterocycles. The van der Waals surface area contributed by atoms with Gasteiger partial charge in [-0.05, 0) is 65.5 Å². The minimum absolute atomic E-state index is 0.0552. The van der Waals surface area contributed by atoms with Crippen LogP contribution < -0.4 is 0 Å². The molecule has 4 aromatic rings. The number of carbonyl (C=O) groups excluding carboxylic acids is 1. The third kappa shape index (κ3) is 6.72. The number of quaternary nitrogens is 1. The third-order valence-electron chi connectivity index (χ3n) is 10.0. The molecule has 0 saturated carbocycles. The summed E-state index contributed by atoms with van der Waals surface area (Å²) in [6.45, 7) is 16.7. The zero-order valence-corrected chi connectivity index (χ0v) is 32.5. The van der Waals surface area contributed by atoms with Gasteiger partial charge < -0.3 is 19.8 Å². The summed E-state index contributed by atoms with van der Waals surface area (Å²) in [5.41, 5.74) is 3.89. The summed E-state index contributed by atoms with van der Waals surface area (Å²) in [7, 11) is -1.82. The van der Waals surface area contributed by atoms with Crippen molar-refractivity contribution in [2.75, 3.05) is 12.7 Å². The van der Waals surface area contributed by atoms with Crippen LogP contribution in [0.4, 0.5) is 9.59 Å². The van der Waals surface area contributed by atoms with Gasteiger partial charge in [0.2, 0.25) is 0 Å². The van der Waals surface area contributed by atoms with Gasteiger partial charge in [0.05, 0.1) is 12.2 Å². The van der Waals surface area contributed by atoms with E-state index in [1.54, 1.807) is 4.90 Å². The second-order valence-electron chi connectivity index (χ2n) is 16.4. The molecule has 0 spiro atoms. The van der Waals surface area contributed by atoms with E-state index in [0.717, 1.165) is 41.1 Å². The second kappa shape index (κ2) is 12.8. The van der Waals surface area contributed by atoms with Crippen LogP contribution in [0.15, 0.2) is 48.5 Å². The van der Waals surface area contributed by atoms with E-state index in [4.69, 9.17) is 37.9 Å². The van der Waals surface area contributed by atoms with Gasteiger partial charge in [-0.25, -0.2) is 19.2 Å². The zero-order valence-electron chi connectivity index (χ0n) is 30.0. The second-order valence-corrected chi connectivity index (χ2v) is 22.2. The predicted molar refractivity (Wildman–Crippen MR) is 200 cm³/mol. The van der Waals surface area contributed by atoms with Crippen LogP contribution in [0.3, 0.4) is 0 Å². The van der Waals surface area contributed by atoms with Gasteiger partial charge in [0.1, 0.15) is 46.7 Å². The van der Waals surface area contributed by atoms with Crippen molar-refractivity contribution in [3.63, 3.8) is 0 Å². The topological polar surface area (TPSA) is 124 Å². The van der Waals surface area contributed by atoms with Crippen molar-refractivity contribution in [3.8, 4) is 33.6 Å². The molecule has 2 amide bonds. The molecule has 3 atom stereocenters. The molecule has 10 nitrogen and oxygen atoms in total. The molecule has 50 heavy (non-hydrogen) atoms. The molecular formula is C37H47Cl2N6O4Si+. The Balaban J connectivity index is 1.20. The van der Waals surface area contributed by atoms with Crippen molar-refractivity contribution in [1.29, 1.82) is 0 Å². The van der Waals surface area contributed by atoms with E-state index in [0.29, 0.717) is 46.1 Å². The quantitative estimate of drug-likeness (QED) is 0.138. The van der Waals surface area contributed by atoms with Crippen LogP contribution in [-0.2, 0) is 4.74 Å². The minimum atomic E-state index is -1.82. The number of rotatable bonds is 5. The van der Waals surface area contributed by atoms with E-state index in [2.05, 4.69) is 23.1 Å². The fourth-order valence-corrected chi connectivity index (χ4v) is 12.1. The first-order chi connectivity index (χ1) is 23.3. The molecule has 2 aromatic carbocycles. The molecule has 0 radical (unpaired) electrons. The van der Waals surface area contributed by atoms with Crippen LogP contribution in [-0.4, -0.2) is 78.5 Å². The van der Waals surface area contributed by atoms with Crippen molar-refractivity contribution in [1.82, 2.24) is 24.8 Å². The van der Waals surface area contributed by atoms with Crippen molar-refractivity contribution in [2.24, 2.45) is 0 Å². The van der Waals surface area contributed by atoms with E-state index in [1.807, 2.05) is 90.1 Å². The molecule has 2 fully saturated rings. The number of halogens is 2. The number of hydrogen-bond acceptors (Lipinski definition) is 5. The normalized spacial score (nSPS) is 22.2. The molecule has 13 heteroatoms. The van der Waals surface area contributed by atoms with Gasteiger partial charge in [-0.1, -0.05) is 84.8 Å². The monoisotopic (exact) mass is 737 g/mol. The highest BCUT2D eigenvalue weighted by Crippen LogP contribution is 2.49. The first kappa shape index (κ1) is 36.2. The third-order valence-corrected chi connectivity index (χ3v) is 13.4. The molecule has 2 unspecified atom stereocenters. The maximum Gasteiger partial charge on any atom is 0.514 e. The number of H-pyrrole nitrogens is 2. The molecule has 4 heterocycles. The van der Waals surface area contributed by atoms with Crippen LogP contribution >= 0.6 is 23.2 Å². The summed E-state index contributed by atoms with van der Waals surface area (Å²) >= 11 is 13.4. The average Bonchev–Trinajstić information content (AvgIpc) is 3.80. The van der Waals surface area contributed by atoms with E-state index in [-0.39, 0.29) is 22.7 Å². The van der Waals surface area contributed by atoms with Crippen molar-refractivity contribution in [3.05, 3.63) is 70.5 Å². The lowest BCUT2D eigenvalue weighted by Crippen LogP contribution is -2.64. The predicted octanol–water partition coefficient (Wildman–Crippen LogP) is 10.1. The van der Waals surface area contributed by atoms with Crippen LogP contribution in [0.5, 0.6) is 0 Å². The molecule has 3 N–H and O–H groups in total. The van der Waals surface area contributed by atoms with Crippen LogP contribution in [0.2, 0.25) is 29.4 Å². The number of carbonyl (C=O) groups is 2. The minimum Gasteiger partial charge on any atom is -0.444 e. The van der Waals surface area contributed by atoms with E-state index in [9.17, 15) is 14.7 Å². The number of likely N-dealkylation sites (tertiary alicyclic amines) is 1. The number of nitrogens with zero attached hydrogens (tertiary/aromatic N) is 4. The Morgan fingerprint density at radius 1 is 0.860 bits per heavy atom. The Morgan fingerprint density at radius 3 is 1.82 bits per heavy atom. The molecule has 0 aliphatic carbocycles. The highest BCUT2D eigenvalue weighted by molar-refractivity contribution is 6.78. The first-order valence-electron chi connectivity index (χ1n) is 17.1. The Bertz CT molecular complexity index is 1910. The SMILES string of the molecule is CC(C)(C)OC(=O)N1CCC[C@H]1c1nc(-c2ccc(-c3ccc(-c4nc(C5C[Si](C)(C)C[N+]5(C(=O)O)C(C)(C)C)[nH]c4Cl)cc3)cc2)c(Cl)[nH]1. The number of aromatic nitrogens is 4. The number of nitrogens with one attached hydrogen (secondary N) is 2. The van der Waals surface area contributed by atoms with Crippen molar-refractivity contribution in [2.45, 2.75) is 96.7 Å². The highest BCUT2D eigenvalue weighted by atomic mass is 35.5. The molecule has 2 saturated heterocycles. The number of ether oxygens (including phenoxy) is 1.